The normalized spacial score (nSPS) is 18.4. The molecule has 10 heteroatoms. The summed E-state index contributed by atoms with van der Waals surface area (Å²) >= 11 is 3.27. The van der Waals surface area contributed by atoms with Crippen LogP contribution in [0.5, 0.6) is 0 Å². The Balaban J connectivity index is 1.64. The van der Waals surface area contributed by atoms with Gasteiger partial charge in [0.05, 0.1) is 10.5 Å². The second kappa shape index (κ2) is 8.10. The summed E-state index contributed by atoms with van der Waals surface area (Å²) < 4.78 is 42.5. The van der Waals surface area contributed by atoms with E-state index in [1.807, 2.05) is 0 Å². The van der Waals surface area contributed by atoms with Crippen LogP contribution in [0.2, 0.25) is 0 Å². The van der Waals surface area contributed by atoms with Gasteiger partial charge in [0.1, 0.15) is 5.82 Å². The quantitative estimate of drug-likeness (QED) is 0.572. The van der Waals surface area contributed by atoms with E-state index in [4.69, 9.17) is 0 Å². The van der Waals surface area contributed by atoms with Gasteiger partial charge in [0.15, 0.2) is 11.7 Å². The molecule has 0 bridgehead atoms. The number of hydrogen-bond acceptors (Lipinski definition) is 4. The number of nitrogens with zero attached hydrogens (tertiary/aromatic N) is 3. The molecule has 156 valence electrons. The van der Waals surface area contributed by atoms with Crippen molar-refractivity contribution < 1.29 is 18.0 Å². The number of anilines is 1. The Morgan fingerprint density at radius 3 is 2.67 bits per heavy atom. The van der Waals surface area contributed by atoms with Gasteiger partial charge in [-0.15, -0.1) is 0 Å². The zero-order valence-corrected chi connectivity index (χ0v) is 17.1. The lowest BCUT2D eigenvalue weighted by atomic mass is 9.97. The molecule has 30 heavy (non-hydrogen) atoms. The smallest absolute Gasteiger partial charge is 0.362 e. The number of amides is 1. The molecule has 3 heterocycles. The number of nitrogens with one attached hydrogen (secondary N) is 2. The highest BCUT2D eigenvalue weighted by atomic mass is 79.9. The monoisotopic (exact) mass is 479 g/mol. The molecule has 1 aliphatic heterocycles. The van der Waals surface area contributed by atoms with Crippen molar-refractivity contribution in [1.29, 1.82) is 0 Å². The largest absolute Gasteiger partial charge is 0.410 e. The summed E-state index contributed by atoms with van der Waals surface area (Å²) in [6.07, 6.45) is -1.54. The highest BCUT2D eigenvalue weighted by Crippen LogP contribution is 2.46. The van der Waals surface area contributed by atoms with Gasteiger partial charge in [0.25, 0.3) is 5.91 Å². The summed E-state index contributed by atoms with van der Waals surface area (Å²) in [6, 6.07) is 9.99. The number of alkyl halides is 3. The average Bonchev–Trinajstić information content (AvgIpc) is 3.08. The summed E-state index contributed by atoms with van der Waals surface area (Å²) in [5.74, 6) is -0.449. The highest BCUT2D eigenvalue weighted by Gasteiger charge is 2.47. The maximum Gasteiger partial charge on any atom is 0.410 e. The minimum Gasteiger partial charge on any atom is -0.362 e. The van der Waals surface area contributed by atoms with Crippen molar-refractivity contribution in [1.82, 2.24) is 20.1 Å². The van der Waals surface area contributed by atoms with Gasteiger partial charge in [-0.3, -0.25) is 9.78 Å². The zero-order valence-electron chi connectivity index (χ0n) is 15.5. The third kappa shape index (κ3) is 4.04. The Morgan fingerprint density at radius 1 is 1.23 bits per heavy atom. The second-order valence-electron chi connectivity index (χ2n) is 6.90. The number of halogens is 4. The fraction of sp³-hybridized carbons (Fsp3) is 0.250. The van der Waals surface area contributed by atoms with E-state index in [9.17, 15) is 18.0 Å². The van der Waals surface area contributed by atoms with Gasteiger partial charge >= 0.3 is 6.18 Å². The van der Waals surface area contributed by atoms with Crippen molar-refractivity contribution in [2.45, 2.75) is 31.2 Å². The summed E-state index contributed by atoms with van der Waals surface area (Å²) in [7, 11) is 0. The molecule has 0 saturated heterocycles. The van der Waals surface area contributed by atoms with Crippen LogP contribution in [0.4, 0.5) is 19.0 Å². The van der Waals surface area contributed by atoms with E-state index in [1.54, 1.807) is 54.9 Å². The van der Waals surface area contributed by atoms with Crippen LogP contribution in [0.3, 0.4) is 0 Å². The van der Waals surface area contributed by atoms with Crippen LogP contribution >= 0.6 is 15.9 Å². The van der Waals surface area contributed by atoms with Crippen molar-refractivity contribution in [3.63, 3.8) is 0 Å². The molecule has 4 rings (SSSR count). The predicted octanol–water partition coefficient (Wildman–Crippen LogP) is 4.63. The first-order valence-electron chi connectivity index (χ1n) is 9.18. The maximum atomic E-state index is 13.8. The van der Waals surface area contributed by atoms with E-state index in [2.05, 4.69) is 36.6 Å². The van der Waals surface area contributed by atoms with Gasteiger partial charge in [-0.2, -0.15) is 18.3 Å². The highest BCUT2D eigenvalue weighted by molar-refractivity contribution is 9.10. The van der Waals surface area contributed by atoms with Crippen LogP contribution in [0.25, 0.3) is 0 Å². The molecule has 2 atom stereocenters. The Morgan fingerprint density at radius 2 is 2.00 bits per heavy atom. The van der Waals surface area contributed by atoms with Crippen LogP contribution in [0.15, 0.2) is 59.3 Å². The van der Waals surface area contributed by atoms with E-state index in [0.717, 1.165) is 15.8 Å². The van der Waals surface area contributed by atoms with E-state index >= 15 is 0 Å². The number of carbonyl (C=O) groups excluding carboxylic acids is 1. The third-order valence-corrected chi connectivity index (χ3v) is 5.64. The van der Waals surface area contributed by atoms with Crippen LogP contribution in [0, 0.1) is 0 Å². The van der Waals surface area contributed by atoms with E-state index in [1.165, 1.54) is 0 Å². The fourth-order valence-electron chi connectivity index (χ4n) is 3.41. The number of hydrogen-bond donors (Lipinski definition) is 2. The van der Waals surface area contributed by atoms with Gasteiger partial charge in [-0.1, -0.05) is 36.4 Å². The number of aromatic nitrogens is 3. The SMILES string of the molecule is O=C(NCc1cccnc1)c1nn2c(c1Br)N[C@@H](c1ccccc1)C[C@@H]2C(F)(F)F. The summed E-state index contributed by atoms with van der Waals surface area (Å²) in [5.41, 5.74) is 1.39. The fourth-order valence-corrected chi connectivity index (χ4v) is 3.96. The van der Waals surface area contributed by atoms with Crippen LogP contribution in [-0.2, 0) is 6.54 Å². The van der Waals surface area contributed by atoms with Crippen molar-refractivity contribution in [2.24, 2.45) is 0 Å². The summed E-state index contributed by atoms with van der Waals surface area (Å²) in [5, 5.41) is 9.76. The lowest BCUT2D eigenvalue weighted by Gasteiger charge is -2.33. The topological polar surface area (TPSA) is 71.8 Å². The molecule has 0 radical (unpaired) electrons. The van der Waals surface area contributed by atoms with Crippen LogP contribution in [0.1, 0.15) is 40.1 Å². The zero-order chi connectivity index (χ0) is 21.3. The minimum atomic E-state index is -4.52. The standard InChI is InChI=1S/C20H17BrF3N5O/c21-16-17(19(30)26-11-12-5-4-8-25-10-12)28-29-15(20(22,23)24)9-14(27-18(16)29)13-6-2-1-3-7-13/h1-8,10,14-15,27H,9,11H2,(H,26,30)/t14-,15-/m1/s1. The molecule has 0 aliphatic carbocycles. The van der Waals surface area contributed by atoms with Crippen molar-refractivity contribution in [3.05, 3.63) is 76.2 Å². The summed E-state index contributed by atoms with van der Waals surface area (Å²) in [6.45, 7) is 0.185. The molecule has 1 amide bonds. The minimum absolute atomic E-state index is 0.107. The molecule has 0 fully saturated rings. The molecule has 0 spiro atoms. The third-order valence-electron chi connectivity index (χ3n) is 4.89. The lowest BCUT2D eigenvalue weighted by Crippen LogP contribution is -2.35. The number of benzene rings is 1. The average molecular weight is 480 g/mol. The Kier molecular flexibility index (Phi) is 5.50. The first kappa shape index (κ1) is 20.4. The second-order valence-corrected chi connectivity index (χ2v) is 7.69. The van der Waals surface area contributed by atoms with Crippen LogP contribution < -0.4 is 10.6 Å². The van der Waals surface area contributed by atoms with Gasteiger partial charge < -0.3 is 10.6 Å². The van der Waals surface area contributed by atoms with Gasteiger partial charge in [-0.05, 0) is 33.1 Å². The number of pyridine rings is 1. The molecule has 0 saturated carbocycles. The molecule has 3 aromatic rings. The molecule has 0 unspecified atom stereocenters. The Hall–Kier alpha value is -2.88. The van der Waals surface area contributed by atoms with Gasteiger partial charge in [-0.25, -0.2) is 4.68 Å². The first-order chi connectivity index (χ1) is 14.3. The molecular formula is C20H17BrF3N5O. The maximum absolute atomic E-state index is 13.8. The molecule has 1 aromatic carbocycles. The van der Waals surface area contributed by atoms with Crippen LogP contribution in [-0.4, -0.2) is 26.8 Å². The molecule has 2 aromatic heterocycles. The number of fused-ring (bicyclic) bond motifs is 1. The van der Waals surface area contributed by atoms with Crippen molar-refractivity contribution in [2.75, 3.05) is 5.32 Å². The van der Waals surface area contributed by atoms with Crippen molar-refractivity contribution >= 4 is 27.7 Å². The Labute approximate surface area is 178 Å². The van der Waals surface area contributed by atoms with E-state index in [-0.39, 0.29) is 29.0 Å². The lowest BCUT2D eigenvalue weighted by molar-refractivity contribution is -0.173. The molecule has 1 aliphatic rings. The number of rotatable bonds is 4. The van der Waals surface area contributed by atoms with E-state index in [0.29, 0.717) is 0 Å². The number of carbonyl (C=O) groups is 1. The van der Waals surface area contributed by atoms with Gasteiger partial charge in [0.2, 0.25) is 0 Å². The van der Waals surface area contributed by atoms with E-state index < -0.39 is 24.2 Å². The van der Waals surface area contributed by atoms with Crippen molar-refractivity contribution in [3.8, 4) is 0 Å². The summed E-state index contributed by atoms with van der Waals surface area (Å²) in [4.78, 5) is 16.6. The molecular weight excluding hydrogens is 463 g/mol. The van der Waals surface area contributed by atoms with Gasteiger partial charge in [0, 0.05) is 25.4 Å². The predicted molar refractivity (Wildman–Crippen MR) is 108 cm³/mol. The first-order valence-corrected chi connectivity index (χ1v) is 9.97. The molecule has 6 nitrogen and oxygen atoms in total. The molecule has 2 N–H and O–H groups in total. The Bertz CT molecular complexity index is 1040.